The van der Waals surface area contributed by atoms with Gasteiger partial charge in [-0.15, -0.1) is 0 Å². The highest BCUT2D eigenvalue weighted by molar-refractivity contribution is 5.83. The normalized spacial score (nSPS) is 10.8. The van der Waals surface area contributed by atoms with Gasteiger partial charge in [-0.25, -0.2) is 5.43 Å². The maximum absolute atomic E-state index is 11.9. The molecule has 0 atom stereocenters. The number of para-hydroxylation sites is 1. The monoisotopic (exact) mass is 353 g/mol. The van der Waals surface area contributed by atoms with Crippen LogP contribution in [0, 0.1) is 13.8 Å². The van der Waals surface area contributed by atoms with Crippen molar-refractivity contribution in [3.8, 4) is 5.75 Å². The lowest BCUT2D eigenvalue weighted by Gasteiger charge is -2.20. The molecule has 2 aromatic carbocycles. The summed E-state index contributed by atoms with van der Waals surface area (Å²) in [6.45, 7) is 10.1. The van der Waals surface area contributed by atoms with Crippen molar-refractivity contribution in [2.75, 3.05) is 24.6 Å². The summed E-state index contributed by atoms with van der Waals surface area (Å²) in [5, 5.41) is 4.00. The molecule has 5 heteroatoms. The summed E-state index contributed by atoms with van der Waals surface area (Å²) in [4.78, 5) is 14.2. The highest BCUT2D eigenvalue weighted by Gasteiger charge is 2.06. The number of hydrogen-bond acceptors (Lipinski definition) is 4. The minimum absolute atomic E-state index is 0.0655. The van der Waals surface area contributed by atoms with Crippen molar-refractivity contribution in [2.45, 2.75) is 27.7 Å². The third-order valence-electron chi connectivity index (χ3n) is 4.18. The summed E-state index contributed by atoms with van der Waals surface area (Å²) in [6.07, 6.45) is 1.63. The molecule has 0 aliphatic heterocycles. The van der Waals surface area contributed by atoms with Gasteiger partial charge in [-0.1, -0.05) is 30.3 Å². The zero-order valence-electron chi connectivity index (χ0n) is 16.0. The van der Waals surface area contributed by atoms with Gasteiger partial charge < -0.3 is 9.64 Å². The number of nitrogens with zero attached hydrogens (tertiary/aromatic N) is 2. The number of hydrogen-bond donors (Lipinski definition) is 1. The molecule has 0 unspecified atom stereocenters. The number of benzene rings is 2. The van der Waals surface area contributed by atoms with Crippen LogP contribution in [-0.2, 0) is 4.79 Å². The highest BCUT2D eigenvalue weighted by Crippen LogP contribution is 2.22. The summed E-state index contributed by atoms with van der Waals surface area (Å²) < 4.78 is 5.61. The van der Waals surface area contributed by atoms with Crippen molar-refractivity contribution in [1.82, 2.24) is 5.43 Å². The molecule has 0 aliphatic rings. The largest absolute Gasteiger partial charge is 0.483 e. The van der Waals surface area contributed by atoms with Gasteiger partial charge in [-0.2, -0.15) is 5.10 Å². The molecule has 0 aliphatic carbocycles. The molecule has 1 amide bonds. The van der Waals surface area contributed by atoms with Crippen LogP contribution in [0.1, 0.15) is 30.5 Å². The first-order valence-electron chi connectivity index (χ1n) is 8.91. The van der Waals surface area contributed by atoms with Crippen molar-refractivity contribution in [3.05, 3.63) is 59.2 Å². The van der Waals surface area contributed by atoms with Gasteiger partial charge in [0.2, 0.25) is 0 Å². The maximum atomic E-state index is 11.9. The van der Waals surface area contributed by atoms with Gasteiger partial charge in [-0.3, -0.25) is 4.79 Å². The molecule has 5 nitrogen and oxygen atoms in total. The molecule has 0 bridgehead atoms. The second-order valence-electron chi connectivity index (χ2n) is 6.07. The molecule has 2 aromatic rings. The number of rotatable bonds is 8. The van der Waals surface area contributed by atoms with Crippen LogP contribution >= 0.6 is 0 Å². The fraction of sp³-hybridized carbons (Fsp3) is 0.333. The third kappa shape index (κ3) is 5.34. The molecule has 0 saturated carbocycles. The Bertz CT molecular complexity index is 730. The lowest BCUT2D eigenvalue weighted by Crippen LogP contribution is -2.25. The fourth-order valence-corrected chi connectivity index (χ4v) is 2.74. The number of carbonyl (C=O) groups is 1. The van der Waals surface area contributed by atoms with E-state index < -0.39 is 0 Å². The van der Waals surface area contributed by atoms with E-state index in [0.717, 1.165) is 35.5 Å². The summed E-state index contributed by atoms with van der Waals surface area (Å²) in [5.41, 5.74) is 6.62. The van der Waals surface area contributed by atoms with Gasteiger partial charge >= 0.3 is 0 Å². The van der Waals surface area contributed by atoms with Crippen molar-refractivity contribution < 1.29 is 9.53 Å². The smallest absolute Gasteiger partial charge is 0.277 e. The van der Waals surface area contributed by atoms with Crippen molar-refractivity contribution in [1.29, 1.82) is 0 Å². The number of carbonyl (C=O) groups excluding carboxylic acids is 1. The number of anilines is 1. The van der Waals surface area contributed by atoms with E-state index in [1.807, 2.05) is 44.2 Å². The van der Waals surface area contributed by atoms with E-state index in [-0.39, 0.29) is 12.5 Å². The number of amides is 1. The van der Waals surface area contributed by atoms with Gasteiger partial charge in [0.1, 0.15) is 5.75 Å². The Morgan fingerprint density at radius 3 is 2.27 bits per heavy atom. The van der Waals surface area contributed by atoms with E-state index in [0.29, 0.717) is 0 Å². The lowest BCUT2D eigenvalue weighted by molar-refractivity contribution is -0.123. The molecule has 26 heavy (non-hydrogen) atoms. The van der Waals surface area contributed by atoms with Crippen LogP contribution in [0.4, 0.5) is 5.69 Å². The van der Waals surface area contributed by atoms with Crippen LogP contribution in [0.3, 0.4) is 0 Å². The Hall–Kier alpha value is -2.82. The van der Waals surface area contributed by atoms with Crippen LogP contribution in [-0.4, -0.2) is 31.8 Å². The maximum Gasteiger partial charge on any atom is 0.277 e. The molecular weight excluding hydrogens is 326 g/mol. The SMILES string of the molecule is CCN(CC)c1ccc(/C=N/NC(=O)COc2c(C)cccc2C)cc1. The van der Waals surface area contributed by atoms with E-state index in [2.05, 4.69) is 41.4 Å². The molecule has 138 valence electrons. The van der Waals surface area contributed by atoms with Gasteiger partial charge in [0.05, 0.1) is 6.21 Å². The molecule has 0 heterocycles. The topological polar surface area (TPSA) is 53.9 Å². The molecule has 0 saturated heterocycles. The summed E-state index contributed by atoms with van der Waals surface area (Å²) >= 11 is 0. The van der Waals surface area contributed by atoms with E-state index in [4.69, 9.17) is 4.74 Å². The zero-order valence-corrected chi connectivity index (χ0v) is 16.0. The van der Waals surface area contributed by atoms with E-state index >= 15 is 0 Å². The minimum atomic E-state index is -0.288. The lowest BCUT2D eigenvalue weighted by atomic mass is 10.1. The minimum Gasteiger partial charge on any atom is -0.483 e. The Morgan fingerprint density at radius 1 is 1.08 bits per heavy atom. The number of ether oxygens (including phenoxy) is 1. The predicted molar refractivity (Wildman–Crippen MR) is 107 cm³/mol. The first-order chi connectivity index (χ1) is 12.5. The molecule has 0 radical (unpaired) electrons. The van der Waals surface area contributed by atoms with Crippen LogP contribution in [0.5, 0.6) is 5.75 Å². The quantitative estimate of drug-likeness (QED) is 0.582. The van der Waals surface area contributed by atoms with Gasteiger partial charge in [-0.05, 0) is 56.5 Å². The van der Waals surface area contributed by atoms with Gasteiger partial charge in [0.25, 0.3) is 5.91 Å². The second-order valence-corrected chi connectivity index (χ2v) is 6.07. The summed E-state index contributed by atoms with van der Waals surface area (Å²) in [7, 11) is 0. The molecule has 0 aromatic heterocycles. The summed E-state index contributed by atoms with van der Waals surface area (Å²) in [5.74, 6) is 0.460. The molecule has 1 N–H and O–H groups in total. The Kier molecular flexibility index (Phi) is 7.21. The second kappa shape index (κ2) is 9.61. The standard InChI is InChI=1S/C21H27N3O2/c1-5-24(6-2)19-12-10-18(11-13-19)14-22-23-20(25)15-26-21-16(3)8-7-9-17(21)4/h7-14H,5-6,15H2,1-4H3,(H,23,25)/b22-14+. The van der Waals surface area contributed by atoms with E-state index in [1.54, 1.807) is 6.21 Å². The number of aryl methyl sites for hydroxylation is 2. The van der Waals surface area contributed by atoms with E-state index in [9.17, 15) is 4.79 Å². The average molecular weight is 353 g/mol. The van der Waals surface area contributed by atoms with Crippen LogP contribution in [0.15, 0.2) is 47.6 Å². The third-order valence-corrected chi connectivity index (χ3v) is 4.18. The highest BCUT2D eigenvalue weighted by atomic mass is 16.5. The van der Waals surface area contributed by atoms with Crippen LogP contribution < -0.4 is 15.1 Å². The zero-order chi connectivity index (χ0) is 18.9. The van der Waals surface area contributed by atoms with Gasteiger partial charge in [0, 0.05) is 18.8 Å². The first-order valence-corrected chi connectivity index (χ1v) is 8.91. The number of hydrazone groups is 1. The van der Waals surface area contributed by atoms with Crippen molar-refractivity contribution in [2.24, 2.45) is 5.10 Å². The van der Waals surface area contributed by atoms with Crippen LogP contribution in [0.25, 0.3) is 0 Å². The molecule has 2 rings (SSSR count). The van der Waals surface area contributed by atoms with E-state index in [1.165, 1.54) is 5.69 Å². The predicted octanol–water partition coefficient (Wildman–Crippen LogP) is 3.68. The fourth-order valence-electron chi connectivity index (χ4n) is 2.74. The van der Waals surface area contributed by atoms with Gasteiger partial charge in [0.15, 0.2) is 6.61 Å². The average Bonchev–Trinajstić information content (AvgIpc) is 2.63. The molecule has 0 fully saturated rings. The Morgan fingerprint density at radius 2 is 1.69 bits per heavy atom. The van der Waals surface area contributed by atoms with Crippen LogP contribution in [0.2, 0.25) is 0 Å². The molecule has 0 spiro atoms. The van der Waals surface area contributed by atoms with Crippen molar-refractivity contribution >= 4 is 17.8 Å². The number of nitrogens with one attached hydrogen (secondary N) is 1. The first kappa shape index (κ1) is 19.5. The Balaban J connectivity index is 1.85. The van der Waals surface area contributed by atoms with Crippen molar-refractivity contribution in [3.63, 3.8) is 0 Å². The Labute approximate surface area is 155 Å². The molecular formula is C21H27N3O2. The summed E-state index contributed by atoms with van der Waals surface area (Å²) in [6, 6.07) is 14.0.